The van der Waals surface area contributed by atoms with Gasteiger partial charge in [0.25, 0.3) is 0 Å². The number of hydrogen-bond acceptors (Lipinski definition) is 13. The summed E-state index contributed by atoms with van der Waals surface area (Å²) in [5.74, 6) is -0.260. The fraction of sp³-hybridized carbons (Fsp3) is 0.833. The fourth-order valence-electron chi connectivity index (χ4n) is 6.72. The first-order valence-electron chi connectivity index (χ1n) is 21.2. The van der Waals surface area contributed by atoms with Crippen LogP contribution in [0, 0.1) is 0 Å². The number of unbranched alkanes of at least 4 members (excludes halogenated alkanes) is 13. The fourth-order valence-corrected chi connectivity index (χ4v) is 6.72. The molecule has 0 bridgehead atoms. The third kappa shape index (κ3) is 18.9. The van der Waals surface area contributed by atoms with E-state index in [2.05, 4.69) is 43.5 Å². The minimum Gasteiger partial charge on any atom is -0.394 e. The van der Waals surface area contributed by atoms with Crippen LogP contribution in [-0.4, -0.2) is 140 Å². The number of carbonyl (C=O) groups excluding carboxylic acids is 1. The van der Waals surface area contributed by atoms with Crippen LogP contribution in [0.5, 0.6) is 0 Å². The van der Waals surface area contributed by atoms with Crippen LogP contribution in [0.3, 0.4) is 0 Å². The van der Waals surface area contributed by atoms with Gasteiger partial charge >= 0.3 is 0 Å². The molecular formula is C42H75NO13. The SMILES string of the molecule is CCCC/C=C/C(O)C(COC1OC(CO)C(OC2OC(CO)C(O)C(O)C2O)C(O)C1O)NC(=O)CCCCCCCCC/C=C\C/C=C\CCCCCC. The first-order valence-corrected chi connectivity index (χ1v) is 21.2. The number of nitrogens with one attached hydrogen (secondary N) is 1. The lowest BCUT2D eigenvalue weighted by molar-refractivity contribution is -0.359. The Morgan fingerprint density at radius 3 is 1.82 bits per heavy atom. The molecule has 2 saturated heterocycles. The van der Waals surface area contributed by atoms with Gasteiger partial charge < -0.3 is 65.1 Å². The summed E-state index contributed by atoms with van der Waals surface area (Å²) in [7, 11) is 0. The molecule has 9 N–H and O–H groups in total. The minimum atomic E-state index is -1.79. The van der Waals surface area contributed by atoms with Crippen molar-refractivity contribution in [1.29, 1.82) is 0 Å². The van der Waals surface area contributed by atoms with Gasteiger partial charge in [-0.1, -0.05) is 115 Å². The molecule has 12 atom stereocenters. The van der Waals surface area contributed by atoms with E-state index < -0.39 is 86.8 Å². The standard InChI is InChI=1S/C42H75NO13/c1-3-5-7-9-10-11-12-13-14-15-16-17-18-19-20-21-22-24-26-34(47)43-30(31(46)25-23-8-6-4-2)29-53-41-39(52)37(50)40(33(28-45)55-41)56-42-38(51)36(49)35(48)32(27-44)54-42/h11-12,14-15,23,25,30-33,35-42,44-46,48-52H,3-10,13,16-22,24,26-29H2,1-2H3,(H,43,47)/b12-11-,15-14-,25-23+. The zero-order valence-corrected chi connectivity index (χ0v) is 33.9. The lowest BCUT2D eigenvalue weighted by Gasteiger charge is -2.46. The maximum atomic E-state index is 13.0. The molecular weight excluding hydrogens is 726 g/mol. The molecule has 0 aromatic heterocycles. The van der Waals surface area contributed by atoms with E-state index in [-0.39, 0.29) is 18.9 Å². The Hall–Kier alpha value is -1.79. The number of aliphatic hydroxyl groups is 8. The molecule has 2 fully saturated rings. The molecule has 2 aliphatic heterocycles. The van der Waals surface area contributed by atoms with Crippen LogP contribution in [0.15, 0.2) is 36.5 Å². The maximum absolute atomic E-state index is 13.0. The number of carbonyl (C=O) groups is 1. The maximum Gasteiger partial charge on any atom is 0.220 e. The number of allylic oxidation sites excluding steroid dienone is 5. The van der Waals surface area contributed by atoms with E-state index in [1.807, 2.05) is 6.08 Å². The third-order valence-corrected chi connectivity index (χ3v) is 10.3. The van der Waals surface area contributed by atoms with Crippen LogP contribution < -0.4 is 5.32 Å². The van der Waals surface area contributed by atoms with Crippen molar-refractivity contribution >= 4 is 5.91 Å². The van der Waals surface area contributed by atoms with E-state index in [9.17, 15) is 45.6 Å². The Morgan fingerprint density at radius 2 is 1.20 bits per heavy atom. The Balaban J connectivity index is 1.79. The number of ether oxygens (including phenoxy) is 4. The van der Waals surface area contributed by atoms with Crippen molar-refractivity contribution in [2.75, 3.05) is 19.8 Å². The molecule has 0 saturated carbocycles. The van der Waals surface area contributed by atoms with E-state index in [1.54, 1.807) is 6.08 Å². The smallest absolute Gasteiger partial charge is 0.220 e. The summed E-state index contributed by atoms with van der Waals surface area (Å²) in [4.78, 5) is 13.0. The van der Waals surface area contributed by atoms with Crippen LogP contribution >= 0.6 is 0 Å². The van der Waals surface area contributed by atoms with Crippen LogP contribution in [0.1, 0.15) is 129 Å². The van der Waals surface area contributed by atoms with Crippen molar-refractivity contribution in [3.8, 4) is 0 Å². The van der Waals surface area contributed by atoms with Crippen LogP contribution in [0.4, 0.5) is 0 Å². The molecule has 0 aromatic rings. The second kappa shape index (κ2) is 30.3. The zero-order valence-electron chi connectivity index (χ0n) is 33.9. The monoisotopic (exact) mass is 802 g/mol. The molecule has 0 spiro atoms. The Labute approximate surface area is 334 Å². The molecule has 0 radical (unpaired) electrons. The van der Waals surface area contributed by atoms with Crippen molar-refractivity contribution in [1.82, 2.24) is 5.32 Å². The van der Waals surface area contributed by atoms with Gasteiger partial charge in [-0.15, -0.1) is 0 Å². The van der Waals surface area contributed by atoms with Crippen molar-refractivity contribution in [3.05, 3.63) is 36.5 Å². The van der Waals surface area contributed by atoms with Crippen LogP contribution in [0.2, 0.25) is 0 Å². The predicted octanol–water partition coefficient (Wildman–Crippen LogP) is 3.20. The highest BCUT2D eigenvalue weighted by atomic mass is 16.7. The lowest BCUT2D eigenvalue weighted by atomic mass is 9.97. The average Bonchev–Trinajstić information content (AvgIpc) is 3.19. The Morgan fingerprint density at radius 1 is 0.643 bits per heavy atom. The molecule has 56 heavy (non-hydrogen) atoms. The molecule has 14 nitrogen and oxygen atoms in total. The van der Waals surface area contributed by atoms with Crippen LogP contribution in [-0.2, 0) is 23.7 Å². The second-order valence-electron chi connectivity index (χ2n) is 15.1. The molecule has 2 rings (SSSR count). The first-order chi connectivity index (χ1) is 27.1. The van der Waals surface area contributed by atoms with Gasteiger partial charge in [0, 0.05) is 6.42 Å². The highest BCUT2D eigenvalue weighted by Gasteiger charge is 2.50. The summed E-state index contributed by atoms with van der Waals surface area (Å²) >= 11 is 0. The van der Waals surface area contributed by atoms with E-state index in [4.69, 9.17) is 18.9 Å². The highest BCUT2D eigenvalue weighted by molar-refractivity contribution is 5.76. The van der Waals surface area contributed by atoms with Gasteiger partial charge in [0.2, 0.25) is 5.91 Å². The zero-order chi connectivity index (χ0) is 41.1. The largest absolute Gasteiger partial charge is 0.394 e. The van der Waals surface area contributed by atoms with E-state index in [0.29, 0.717) is 6.42 Å². The number of rotatable bonds is 30. The van der Waals surface area contributed by atoms with Gasteiger partial charge in [-0.2, -0.15) is 0 Å². The van der Waals surface area contributed by atoms with Crippen molar-refractivity contribution < 1.29 is 64.6 Å². The lowest BCUT2D eigenvalue weighted by Crippen LogP contribution is -2.65. The quantitative estimate of drug-likeness (QED) is 0.0376. The summed E-state index contributed by atoms with van der Waals surface area (Å²) in [6.45, 7) is 2.56. The molecule has 2 heterocycles. The van der Waals surface area contributed by atoms with Gasteiger partial charge in [0.05, 0.1) is 32.0 Å². The minimum absolute atomic E-state index is 0.260. The van der Waals surface area contributed by atoms with E-state index in [0.717, 1.165) is 57.8 Å². The predicted molar refractivity (Wildman–Crippen MR) is 212 cm³/mol. The van der Waals surface area contributed by atoms with Gasteiger partial charge in [-0.25, -0.2) is 0 Å². The molecule has 0 aromatic carbocycles. The summed E-state index contributed by atoms with van der Waals surface area (Å²) in [6.07, 6.45) is 14.2. The number of hydrogen-bond donors (Lipinski definition) is 9. The molecule has 14 heteroatoms. The van der Waals surface area contributed by atoms with Crippen LogP contribution in [0.25, 0.3) is 0 Å². The molecule has 2 aliphatic rings. The molecule has 12 unspecified atom stereocenters. The summed E-state index contributed by atoms with van der Waals surface area (Å²) in [5, 5.41) is 85.7. The topological polar surface area (TPSA) is 228 Å². The van der Waals surface area contributed by atoms with Gasteiger partial charge in [-0.3, -0.25) is 4.79 Å². The summed E-state index contributed by atoms with van der Waals surface area (Å²) in [6, 6.07) is -0.912. The number of amides is 1. The number of aliphatic hydroxyl groups excluding tert-OH is 8. The van der Waals surface area contributed by atoms with Gasteiger partial charge in [0.15, 0.2) is 12.6 Å². The summed E-state index contributed by atoms with van der Waals surface area (Å²) < 4.78 is 22.4. The average molecular weight is 802 g/mol. The summed E-state index contributed by atoms with van der Waals surface area (Å²) in [5.41, 5.74) is 0. The third-order valence-electron chi connectivity index (χ3n) is 10.3. The first kappa shape index (κ1) is 50.4. The van der Waals surface area contributed by atoms with Crippen molar-refractivity contribution in [2.45, 2.75) is 203 Å². The molecule has 1 amide bonds. The van der Waals surface area contributed by atoms with E-state index >= 15 is 0 Å². The van der Waals surface area contributed by atoms with Crippen molar-refractivity contribution in [3.63, 3.8) is 0 Å². The normalized spacial score (nSPS) is 29.8. The van der Waals surface area contributed by atoms with Gasteiger partial charge in [-0.05, 0) is 44.9 Å². The molecule has 0 aliphatic carbocycles. The van der Waals surface area contributed by atoms with Crippen molar-refractivity contribution in [2.24, 2.45) is 0 Å². The Bertz CT molecular complexity index is 1090. The Kier molecular flexibility index (Phi) is 27.2. The molecule has 326 valence electrons. The van der Waals surface area contributed by atoms with E-state index in [1.165, 1.54) is 44.9 Å². The highest BCUT2D eigenvalue weighted by Crippen LogP contribution is 2.29. The van der Waals surface area contributed by atoms with Gasteiger partial charge in [0.1, 0.15) is 48.8 Å². The second-order valence-corrected chi connectivity index (χ2v) is 15.1.